The number of nitrogens with zero attached hydrogens (tertiary/aromatic N) is 1. The molecule has 0 spiro atoms. The zero-order valence-electron chi connectivity index (χ0n) is 8.97. The van der Waals surface area contributed by atoms with Crippen molar-refractivity contribution in [2.75, 3.05) is 5.75 Å². The molecule has 0 aliphatic rings. The Labute approximate surface area is 101 Å². The summed E-state index contributed by atoms with van der Waals surface area (Å²) >= 11 is 1.05. The largest absolute Gasteiger partial charge is 0.480 e. The summed E-state index contributed by atoms with van der Waals surface area (Å²) in [5.41, 5.74) is -0.311. The molecule has 0 radical (unpaired) electrons. The van der Waals surface area contributed by atoms with Gasteiger partial charge in [-0.2, -0.15) is 0 Å². The lowest BCUT2D eigenvalue weighted by atomic mass is 10.3. The summed E-state index contributed by atoms with van der Waals surface area (Å²) in [6.45, 7) is 1.24. The highest BCUT2D eigenvalue weighted by molar-refractivity contribution is 7.99. The first kappa shape index (κ1) is 13.2. The fraction of sp³-hybridized carbons (Fsp3) is 0.333. The molecule has 0 aliphatic heterocycles. The number of aromatic nitrogens is 2. The smallest absolute Gasteiger partial charge is 0.327 e. The van der Waals surface area contributed by atoms with E-state index in [1.54, 1.807) is 0 Å². The van der Waals surface area contributed by atoms with Gasteiger partial charge in [-0.3, -0.25) is 9.59 Å². The molecule has 1 amide bonds. The Hall–Kier alpha value is -1.83. The Morgan fingerprint density at radius 3 is 2.88 bits per heavy atom. The number of rotatable bonds is 5. The molecule has 1 aromatic heterocycles. The van der Waals surface area contributed by atoms with E-state index in [4.69, 9.17) is 5.11 Å². The maximum Gasteiger partial charge on any atom is 0.327 e. The van der Waals surface area contributed by atoms with Crippen LogP contribution in [0, 0.1) is 0 Å². The Bertz CT molecular complexity index is 473. The highest BCUT2D eigenvalue weighted by atomic mass is 32.2. The lowest BCUT2D eigenvalue weighted by Gasteiger charge is -2.11. The molecule has 1 unspecified atom stereocenters. The maximum absolute atomic E-state index is 11.0. The van der Waals surface area contributed by atoms with Gasteiger partial charge in [-0.25, -0.2) is 9.78 Å². The second-order valence-electron chi connectivity index (χ2n) is 3.14. The molecule has 0 aromatic carbocycles. The minimum absolute atomic E-state index is 0.0852. The van der Waals surface area contributed by atoms with E-state index >= 15 is 0 Å². The zero-order chi connectivity index (χ0) is 12.8. The van der Waals surface area contributed by atoms with E-state index < -0.39 is 17.9 Å². The molecule has 0 fully saturated rings. The highest BCUT2D eigenvalue weighted by Gasteiger charge is 2.18. The lowest BCUT2D eigenvalue weighted by molar-refractivity contribution is -0.140. The van der Waals surface area contributed by atoms with Gasteiger partial charge in [0.15, 0.2) is 5.16 Å². The average molecular weight is 257 g/mol. The van der Waals surface area contributed by atoms with Crippen LogP contribution in [0.5, 0.6) is 0 Å². The molecule has 1 atom stereocenters. The van der Waals surface area contributed by atoms with E-state index in [2.05, 4.69) is 15.3 Å². The minimum Gasteiger partial charge on any atom is -0.480 e. The number of carboxylic acid groups (broad SMARTS) is 1. The summed E-state index contributed by atoms with van der Waals surface area (Å²) in [6.07, 6.45) is 1.33. The van der Waals surface area contributed by atoms with Crippen molar-refractivity contribution >= 4 is 23.6 Å². The van der Waals surface area contributed by atoms with Crippen molar-refractivity contribution in [3.05, 3.63) is 22.6 Å². The molecule has 92 valence electrons. The van der Waals surface area contributed by atoms with E-state index in [1.165, 1.54) is 19.2 Å². The van der Waals surface area contributed by atoms with E-state index in [0.29, 0.717) is 5.16 Å². The van der Waals surface area contributed by atoms with Crippen LogP contribution in [0.3, 0.4) is 0 Å². The van der Waals surface area contributed by atoms with Crippen LogP contribution >= 0.6 is 11.8 Å². The fourth-order valence-corrected chi connectivity index (χ4v) is 1.87. The van der Waals surface area contributed by atoms with Gasteiger partial charge >= 0.3 is 5.97 Å². The standard InChI is InChI=1S/C9H11N3O4S/c1-5(13)11-6(8(15)16)4-17-9-10-3-2-7(14)12-9/h2-3,6H,4H2,1H3,(H,11,13)(H,15,16)(H,10,12,14). The van der Waals surface area contributed by atoms with Crippen molar-refractivity contribution in [3.8, 4) is 0 Å². The van der Waals surface area contributed by atoms with E-state index in [0.717, 1.165) is 11.8 Å². The number of H-pyrrole nitrogens is 1. The first-order chi connectivity index (χ1) is 7.99. The van der Waals surface area contributed by atoms with Gasteiger partial charge in [-0.1, -0.05) is 11.8 Å². The summed E-state index contributed by atoms with van der Waals surface area (Å²) in [5, 5.41) is 11.4. The number of carboxylic acids is 1. The fourth-order valence-electron chi connectivity index (χ4n) is 1.01. The van der Waals surface area contributed by atoms with Gasteiger partial charge < -0.3 is 15.4 Å². The van der Waals surface area contributed by atoms with Gasteiger partial charge in [0.2, 0.25) is 5.91 Å². The molecule has 7 nitrogen and oxygen atoms in total. The molecule has 0 saturated heterocycles. The maximum atomic E-state index is 11.0. The summed E-state index contributed by atoms with van der Waals surface area (Å²) in [4.78, 5) is 38.8. The van der Waals surface area contributed by atoms with Crippen molar-refractivity contribution in [3.63, 3.8) is 0 Å². The number of aromatic amines is 1. The molecule has 1 aromatic rings. The van der Waals surface area contributed by atoms with Crippen LogP contribution in [0.1, 0.15) is 6.92 Å². The van der Waals surface area contributed by atoms with Crippen LogP contribution in [0.25, 0.3) is 0 Å². The van der Waals surface area contributed by atoms with Crippen LogP contribution in [-0.2, 0) is 9.59 Å². The molecule has 1 rings (SSSR count). The second-order valence-corrected chi connectivity index (χ2v) is 4.15. The second kappa shape index (κ2) is 6.04. The number of carbonyl (C=O) groups is 2. The Morgan fingerprint density at radius 2 is 2.35 bits per heavy atom. The summed E-state index contributed by atoms with van der Waals surface area (Å²) in [6, 6.07) is 0.245. The van der Waals surface area contributed by atoms with Crippen molar-refractivity contribution in [1.82, 2.24) is 15.3 Å². The predicted molar refractivity (Wildman–Crippen MR) is 60.8 cm³/mol. The van der Waals surface area contributed by atoms with Gasteiger partial charge in [0.25, 0.3) is 5.56 Å². The Morgan fingerprint density at radius 1 is 1.65 bits per heavy atom. The summed E-state index contributed by atoms with van der Waals surface area (Å²) < 4.78 is 0. The molecular weight excluding hydrogens is 246 g/mol. The molecular formula is C9H11N3O4S. The monoisotopic (exact) mass is 257 g/mol. The van der Waals surface area contributed by atoms with E-state index in [-0.39, 0.29) is 11.3 Å². The Kier molecular flexibility index (Phi) is 4.70. The summed E-state index contributed by atoms with van der Waals surface area (Å²) in [5.74, 6) is -1.47. The number of thioether (sulfide) groups is 1. The molecule has 0 saturated carbocycles. The van der Waals surface area contributed by atoms with Crippen molar-refractivity contribution < 1.29 is 14.7 Å². The lowest BCUT2D eigenvalue weighted by Crippen LogP contribution is -2.41. The molecule has 0 bridgehead atoms. The molecule has 1 heterocycles. The van der Waals surface area contributed by atoms with Gasteiger partial charge in [0.1, 0.15) is 6.04 Å². The first-order valence-electron chi connectivity index (χ1n) is 4.67. The average Bonchev–Trinajstić information content (AvgIpc) is 2.23. The Balaban J connectivity index is 2.60. The van der Waals surface area contributed by atoms with Crippen LogP contribution < -0.4 is 10.9 Å². The van der Waals surface area contributed by atoms with Gasteiger partial charge in [-0.05, 0) is 0 Å². The third-order valence-corrected chi connectivity index (χ3v) is 2.69. The molecule has 0 aliphatic carbocycles. The van der Waals surface area contributed by atoms with Crippen LogP contribution in [0.4, 0.5) is 0 Å². The van der Waals surface area contributed by atoms with Gasteiger partial charge in [-0.15, -0.1) is 0 Å². The highest BCUT2D eigenvalue weighted by Crippen LogP contribution is 2.11. The van der Waals surface area contributed by atoms with Crippen LogP contribution in [0.15, 0.2) is 22.2 Å². The molecule has 3 N–H and O–H groups in total. The van der Waals surface area contributed by atoms with Crippen molar-refractivity contribution in [2.24, 2.45) is 0 Å². The topological polar surface area (TPSA) is 112 Å². The molecule has 17 heavy (non-hydrogen) atoms. The molecule has 8 heteroatoms. The zero-order valence-corrected chi connectivity index (χ0v) is 9.78. The number of hydrogen-bond acceptors (Lipinski definition) is 5. The first-order valence-corrected chi connectivity index (χ1v) is 5.65. The predicted octanol–water partition coefficient (Wildman–Crippen LogP) is -0.549. The third kappa shape index (κ3) is 4.68. The number of amides is 1. The SMILES string of the molecule is CC(=O)NC(CSc1nccc(=O)[nH]1)C(=O)O. The quantitative estimate of drug-likeness (QED) is 0.482. The van der Waals surface area contributed by atoms with Gasteiger partial charge in [0, 0.05) is 24.9 Å². The number of hydrogen-bond donors (Lipinski definition) is 3. The van der Waals surface area contributed by atoms with Crippen LogP contribution in [0.2, 0.25) is 0 Å². The minimum atomic E-state index is -1.13. The normalized spacial score (nSPS) is 11.8. The van der Waals surface area contributed by atoms with E-state index in [1.807, 2.05) is 0 Å². The summed E-state index contributed by atoms with van der Waals surface area (Å²) in [7, 11) is 0. The van der Waals surface area contributed by atoms with Crippen molar-refractivity contribution in [1.29, 1.82) is 0 Å². The van der Waals surface area contributed by atoms with E-state index in [9.17, 15) is 14.4 Å². The van der Waals surface area contributed by atoms with Gasteiger partial charge in [0.05, 0.1) is 0 Å². The third-order valence-electron chi connectivity index (χ3n) is 1.71. The van der Waals surface area contributed by atoms with Crippen molar-refractivity contribution in [2.45, 2.75) is 18.1 Å². The number of aliphatic carboxylic acids is 1. The number of nitrogens with one attached hydrogen (secondary N) is 2. The van der Waals surface area contributed by atoms with Crippen LogP contribution in [-0.4, -0.2) is 38.7 Å². The number of carbonyl (C=O) groups excluding carboxylic acids is 1.